The van der Waals surface area contributed by atoms with Gasteiger partial charge in [0.15, 0.2) is 0 Å². The van der Waals surface area contributed by atoms with Gasteiger partial charge in [-0.15, -0.1) is 0 Å². The first-order valence-electron chi connectivity index (χ1n) is 2.24. The number of hydrogen-bond acceptors (Lipinski definition) is 1. The van der Waals surface area contributed by atoms with Crippen LogP contribution in [0.25, 0.3) is 0 Å². The Labute approximate surface area is 71.5 Å². The van der Waals surface area contributed by atoms with Crippen LogP contribution in [0.2, 0.25) is 0 Å². The van der Waals surface area contributed by atoms with E-state index in [-0.39, 0.29) is 29.6 Å². The largest absolute Gasteiger partial charge is 0.368 e. The van der Waals surface area contributed by atoms with Crippen LogP contribution in [0.3, 0.4) is 0 Å². The minimum atomic E-state index is 0. The summed E-state index contributed by atoms with van der Waals surface area (Å²) in [5.41, 5.74) is 0. The van der Waals surface area contributed by atoms with Gasteiger partial charge in [0.2, 0.25) is 0 Å². The normalized spacial score (nSPS) is 14.0. The molecule has 1 N–H and O–H groups in total. The summed E-state index contributed by atoms with van der Waals surface area (Å²) in [5.74, 6) is 0. The molecule has 0 aliphatic carbocycles. The maximum absolute atomic E-state index is 2.92. The SMILES string of the molecule is C1=CC=CNC=C1.[Na]. The smallest absolute Gasteiger partial charge is 0.000442 e. The molecule has 1 aliphatic heterocycles. The Bertz CT molecular complexity index is 110. The van der Waals surface area contributed by atoms with Crippen LogP contribution in [-0.4, -0.2) is 29.6 Å². The monoisotopic (exact) mass is 116 g/mol. The van der Waals surface area contributed by atoms with Crippen molar-refractivity contribution in [2.24, 2.45) is 0 Å². The van der Waals surface area contributed by atoms with E-state index in [1.807, 2.05) is 36.7 Å². The van der Waals surface area contributed by atoms with Crippen molar-refractivity contribution in [3.8, 4) is 0 Å². The van der Waals surface area contributed by atoms with Crippen LogP contribution in [0.1, 0.15) is 0 Å². The van der Waals surface area contributed by atoms with Crippen molar-refractivity contribution < 1.29 is 0 Å². The molecule has 0 aromatic rings. The van der Waals surface area contributed by atoms with Gasteiger partial charge in [-0.05, 0) is 12.2 Å². The van der Waals surface area contributed by atoms with E-state index in [2.05, 4.69) is 5.32 Å². The van der Waals surface area contributed by atoms with Gasteiger partial charge in [-0.1, -0.05) is 12.2 Å². The summed E-state index contributed by atoms with van der Waals surface area (Å²) < 4.78 is 0. The molecule has 0 saturated heterocycles. The van der Waals surface area contributed by atoms with Gasteiger partial charge >= 0.3 is 0 Å². The zero-order valence-electron chi connectivity index (χ0n) is 4.96. The van der Waals surface area contributed by atoms with Crippen molar-refractivity contribution in [2.45, 2.75) is 0 Å². The van der Waals surface area contributed by atoms with Crippen molar-refractivity contribution in [1.82, 2.24) is 5.32 Å². The molecule has 1 aliphatic rings. The van der Waals surface area contributed by atoms with Crippen LogP contribution in [-0.2, 0) is 0 Å². The van der Waals surface area contributed by atoms with Crippen molar-refractivity contribution in [3.05, 3.63) is 36.7 Å². The first kappa shape index (κ1) is 8.02. The maximum atomic E-state index is 2.92. The predicted molar refractivity (Wildman–Crippen MR) is 36.3 cm³/mol. The van der Waals surface area contributed by atoms with Crippen LogP contribution < -0.4 is 5.32 Å². The Kier molecular flexibility index (Phi) is 5.18. The van der Waals surface area contributed by atoms with Crippen LogP contribution in [0.4, 0.5) is 0 Å². The van der Waals surface area contributed by atoms with Crippen LogP contribution in [0, 0.1) is 0 Å². The summed E-state index contributed by atoms with van der Waals surface area (Å²) in [6.07, 6.45) is 11.6. The average Bonchev–Trinajstić information content (AvgIpc) is 1.90. The van der Waals surface area contributed by atoms with E-state index >= 15 is 0 Å². The molecule has 0 atom stereocenters. The molecule has 2 heteroatoms. The molecular formula is C6H7NNa. The molecule has 0 aromatic carbocycles. The molecule has 0 spiro atoms. The molecule has 0 bridgehead atoms. The fraction of sp³-hybridized carbons (Fsp3) is 0. The van der Waals surface area contributed by atoms with Gasteiger partial charge in [0.05, 0.1) is 0 Å². The van der Waals surface area contributed by atoms with Crippen molar-refractivity contribution in [2.75, 3.05) is 0 Å². The minimum Gasteiger partial charge on any atom is -0.368 e. The zero-order valence-corrected chi connectivity index (χ0v) is 6.96. The third-order valence-electron chi connectivity index (χ3n) is 0.718. The Balaban J connectivity index is 0.000000490. The van der Waals surface area contributed by atoms with Gasteiger partial charge < -0.3 is 5.32 Å². The molecule has 8 heavy (non-hydrogen) atoms. The second-order valence-electron chi connectivity index (χ2n) is 1.27. The summed E-state index contributed by atoms with van der Waals surface area (Å²) in [7, 11) is 0. The number of nitrogens with one attached hydrogen (secondary N) is 1. The van der Waals surface area contributed by atoms with E-state index in [0.29, 0.717) is 0 Å². The first-order chi connectivity index (χ1) is 3.50. The Morgan fingerprint density at radius 3 is 1.75 bits per heavy atom. The van der Waals surface area contributed by atoms with Crippen molar-refractivity contribution >= 4 is 29.6 Å². The van der Waals surface area contributed by atoms with E-state index in [0.717, 1.165) is 0 Å². The quantitative estimate of drug-likeness (QED) is 0.461. The molecule has 0 aromatic heterocycles. The van der Waals surface area contributed by atoms with Gasteiger partial charge in [-0.3, -0.25) is 0 Å². The third kappa shape index (κ3) is 3.08. The fourth-order valence-electron chi connectivity index (χ4n) is 0.406. The third-order valence-corrected chi connectivity index (χ3v) is 0.718. The molecule has 0 unspecified atom stereocenters. The molecule has 37 valence electrons. The molecule has 0 amide bonds. The van der Waals surface area contributed by atoms with Crippen molar-refractivity contribution in [3.63, 3.8) is 0 Å². The molecule has 1 rings (SSSR count). The molecule has 0 fully saturated rings. The van der Waals surface area contributed by atoms with Gasteiger partial charge in [0.25, 0.3) is 0 Å². The molecular weight excluding hydrogens is 109 g/mol. The second-order valence-corrected chi connectivity index (χ2v) is 1.27. The molecule has 1 heterocycles. The van der Waals surface area contributed by atoms with E-state index in [9.17, 15) is 0 Å². The summed E-state index contributed by atoms with van der Waals surface area (Å²) in [6, 6.07) is 0. The van der Waals surface area contributed by atoms with Crippen LogP contribution >= 0.6 is 0 Å². The van der Waals surface area contributed by atoms with Crippen molar-refractivity contribution in [1.29, 1.82) is 0 Å². The molecule has 0 saturated carbocycles. The molecule has 1 radical (unpaired) electrons. The van der Waals surface area contributed by atoms with Gasteiger partial charge in [-0.25, -0.2) is 0 Å². The maximum Gasteiger partial charge on any atom is 0.000442 e. The fourth-order valence-corrected chi connectivity index (χ4v) is 0.406. The van der Waals surface area contributed by atoms with Gasteiger partial charge in [-0.2, -0.15) is 0 Å². The minimum absolute atomic E-state index is 0. The number of hydrogen-bond donors (Lipinski definition) is 1. The first-order valence-corrected chi connectivity index (χ1v) is 2.24. The summed E-state index contributed by atoms with van der Waals surface area (Å²) in [6.45, 7) is 0. The predicted octanol–water partition coefficient (Wildman–Crippen LogP) is 0.792. The Hall–Kier alpha value is 0.0200. The Morgan fingerprint density at radius 2 is 1.25 bits per heavy atom. The Morgan fingerprint density at radius 1 is 0.750 bits per heavy atom. The van der Waals surface area contributed by atoms with E-state index < -0.39 is 0 Å². The average molecular weight is 116 g/mol. The van der Waals surface area contributed by atoms with Gasteiger partial charge in [0, 0.05) is 42.0 Å². The van der Waals surface area contributed by atoms with Gasteiger partial charge in [0.1, 0.15) is 0 Å². The second kappa shape index (κ2) is 5.16. The van der Waals surface area contributed by atoms with E-state index in [1.165, 1.54) is 0 Å². The van der Waals surface area contributed by atoms with E-state index in [1.54, 1.807) is 0 Å². The molecule has 1 nitrogen and oxygen atoms in total. The topological polar surface area (TPSA) is 12.0 Å². The number of allylic oxidation sites excluding steroid dienone is 4. The van der Waals surface area contributed by atoms with Crippen LogP contribution in [0.15, 0.2) is 36.7 Å². The summed E-state index contributed by atoms with van der Waals surface area (Å²) in [5, 5.41) is 2.92. The van der Waals surface area contributed by atoms with E-state index in [4.69, 9.17) is 0 Å². The standard InChI is InChI=1S/C6H7N.Na/c1-2-4-6-7-5-3-1;/h1-7H;. The summed E-state index contributed by atoms with van der Waals surface area (Å²) >= 11 is 0. The summed E-state index contributed by atoms with van der Waals surface area (Å²) in [4.78, 5) is 0. The number of rotatable bonds is 0. The van der Waals surface area contributed by atoms with Crippen LogP contribution in [0.5, 0.6) is 0 Å². The zero-order chi connectivity index (χ0) is 4.95.